The lowest BCUT2D eigenvalue weighted by molar-refractivity contribution is 0.242. The molecule has 0 atom stereocenters. The topological polar surface area (TPSA) is 68.9 Å². The van der Waals surface area contributed by atoms with Crippen molar-refractivity contribution < 1.29 is 9.47 Å². The highest BCUT2D eigenvalue weighted by atomic mass is 127. The summed E-state index contributed by atoms with van der Waals surface area (Å²) in [6.45, 7) is 6.99. The van der Waals surface area contributed by atoms with Gasteiger partial charge in [0.1, 0.15) is 18.1 Å². The predicted octanol–water partition coefficient (Wildman–Crippen LogP) is 4.21. The van der Waals surface area contributed by atoms with Crippen molar-refractivity contribution in [3.05, 3.63) is 54.1 Å². The van der Waals surface area contributed by atoms with Gasteiger partial charge in [-0.3, -0.25) is 0 Å². The number of nitrogens with two attached hydrogens (primary N) is 1. The molecule has 0 bridgehead atoms. The van der Waals surface area contributed by atoms with Gasteiger partial charge in [0, 0.05) is 5.69 Å². The summed E-state index contributed by atoms with van der Waals surface area (Å²) in [5.41, 5.74) is 7.92. The van der Waals surface area contributed by atoms with Gasteiger partial charge < -0.3 is 20.5 Å². The number of hydrogen-bond donors (Lipinski definition) is 2. The fraction of sp³-hybridized carbons (Fsp3) is 0.316. The summed E-state index contributed by atoms with van der Waals surface area (Å²) in [6, 6.07) is 15.5. The molecule has 0 radical (unpaired) electrons. The van der Waals surface area contributed by atoms with E-state index in [-0.39, 0.29) is 30.1 Å². The summed E-state index contributed by atoms with van der Waals surface area (Å²) >= 11 is 0. The van der Waals surface area contributed by atoms with Gasteiger partial charge in [-0.15, -0.1) is 24.0 Å². The number of benzene rings is 2. The number of ether oxygens (including phenoxy) is 2. The lowest BCUT2D eigenvalue weighted by atomic mass is 10.2. The van der Waals surface area contributed by atoms with Crippen LogP contribution < -0.4 is 20.5 Å². The van der Waals surface area contributed by atoms with Crippen LogP contribution in [0, 0.1) is 6.92 Å². The Hall–Kier alpha value is -1.96. The average Bonchev–Trinajstić information content (AvgIpc) is 2.53. The summed E-state index contributed by atoms with van der Waals surface area (Å²) < 4.78 is 11.2. The molecule has 0 heterocycles. The van der Waals surface area contributed by atoms with Gasteiger partial charge in [0.05, 0.1) is 12.6 Å². The van der Waals surface area contributed by atoms with Crippen LogP contribution in [0.2, 0.25) is 0 Å². The highest BCUT2D eigenvalue weighted by Crippen LogP contribution is 2.16. The Balaban J connectivity index is 0.00000312. The molecule has 0 aromatic heterocycles. The number of nitrogens with zero attached hydrogens (tertiary/aromatic N) is 1. The molecule has 0 spiro atoms. The highest BCUT2D eigenvalue weighted by Gasteiger charge is 1.99. The quantitative estimate of drug-likeness (QED) is 0.284. The first-order chi connectivity index (χ1) is 11.5. The minimum absolute atomic E-state index is 0. The van der Waals surface area contributed by atoms with Crippen LogP contribution in [-0.4, -0.2) is 25.2 Å². The van der Waals surface area contributed by atoms with Gasteiger partial charge in [-0.25, -0.2) is 4.99 Å². The van der Waals surface area contributed by atoms with Crippen molar-refractivity contribution in [3.8, 4) is 11.5 Å². The Morgan fingerprint density at radius 2 is 1.84 bits per heavy atom. The number of hydrogen-bond acceptors (Lipinski definition) is 3. The number of nitrogens with one attached hydrogen (secondary N) is 1. The Labute approximate surface area is 166 Å². The molecule has 0 amide bonds. The highest BCUT2D eigenvalue weighted by molar-refractivity contribution is 14.0. The largest absolute Gasteiger partial charge is 0.492 e. The first-order valence-electron chi connectivity index (χ1n) is 8.06. The third-order valence-corrected chi connectivity index (χ3v) is 3.13. The van der Waals surface area contributed by atoms with Gasteiger partial charge in [-0.05, 0) is 62.7 Å². The summed E-state index contributed by atoms with van der Waals surface area (Å²) in [5, 5.41) is 3.05. The fourth-order valence-electron chi connectivity index (χ4n) is 2.11. The Bertz CT molecular complexity index is 673. The van der Waals surface area contributed by atoms with Crippen molar-refractivity contribution in [2.24, 2.45) is 10.7 Å². The molecular weight excluding hydrogens is 429 g/mol. The Morgan fingerprint density at radius 1 is 1.12 bits per heavy atom. The molecule has 0 aliphatic heterocycles. The van der Waals surface area contributed by atoms with Crippen LogP contribution in [-0.2, 0) is 0 Å². The smallest absolute Gasteiger partial charge is 0.193 e. The van der Waals surface area contributed by atoms with E-state index in [2.05, 4.69) is 10.3 Å². The zero-order valence-electron chi connectivity index (χ0n) is 14.9. The molecule has 2 rings (SSSR count). The minimum Gasteiger partial charge on any atom is -0.492 e. The van der Waals surface area contributed by atoms with Gasteiger partial charge >= 0.3 is 0 Å². The van der Waals surface area contributed by atoms with E-state index in [1.165, 1.54) is 5.56 Å². The lowest BCUT2D eigenvalue weighted by Crippen LogP contribution is -2.23. The third-order valence-electron chi connectivity index (χ3n) is 3.13. The molecular formula is C19H26IN3O2. The van der Waals surface area contributed by atoms with Gasteiger partial charge in [0.25, 0.3) is 0 Å². The van der Waals surface area contributed by atoms with Crippen molar-refractivity contribution in [1.82, 2.24) is 0 Å². The molecule has 5 nitrogen and oxygen atoms in total. The zero-order valence-corrected chi connectivity index (χ0v) is 17.2. The first kappa shape index (κ1) is 21.1. The van der Waals surface area contributed by atoms with E-state index < -0.39 is 0 Å². The molecule has 2 aromatic rings. The number of aryl methyl sites for hydroxylation is 1. The summed E-state index contributed by atoms with van der Waals surface area (Å²) in [6.07, 6.45) is 0.156. The van der Waals surface area contributed by atoms with Crippen LogP contribution in [0.1, 0.15) is 19.4 Å². The van der Waals surface area contributed by atoms with Gasteiger partial charge in [0.15, 0.2) is 5.96 Å². The predicted molar refractivity (Wildman–Crippen MR) is 114 cm³/mol. The number of aliphatic imine (C=N–C) groups is 1. The van der Waals surface area contributed by atoms with Gasteiger partial charge in [-0.2, -0.15) is 0 Å². The van der Waals surface area contributed by atoms with E-state index in [0.717, 1.165) is 17.2 Å². The maximum Gasteiger partial charge on any atom is 0.193 e. The van der Waals surface area contributed by atoms with E-state index in [1.807, 2.05) is 69.3 Å². The zero-order chi connectivity index (χ0) is 17.4. The summed E-state index contributed by atoms with van der Waals surface area (Å²) in [4.78, 5) is 4.25. The SMILES string of the molecule is Cc1cccc(OCCN=C(N)Nc2ccc(OC(C)C)cc2)c1.I. The maximum absolute atomic E-state index is 5.88. The minimum atomic E-state index is 0. The molecule has 2 aromatic carbocycles. The van der Waals surface area contributed by atoms with Crippen molar-refractivity contribution in [2.75, 3.05) is 18.5 Å². The van der Waals surface area contributed by atoms with Crippen LogP contribution in [0.3, 0.4) is 0 Å². The molecule has 0 saturated heterocycles. The molecule has 25 heavy (non-hydrogen) atoms. The third kappa shape index (κ3) is 8.11. The summed E-state index contributed by atoms with van der Waals surface area (Å²) in [7, 11) is 0. The first-order valence-corrected chi connectivity index (χ1v) is 8.06. The average molecular weight is 455 g/mol. The van der Waals surface area contributed by atoms with Crippen molar-refractivity contribution in [1.29, 1.82) is 0 Å². The molecule has 6 heteroatoms. The van der Waals surface area contributed by atoms with Crippen LogP contribution in [0.5, 0.6) is 11.5 Å². The molecule has 136 valence electrons. The van der Waals surface area contributed by atoms with E-state index >= 15 is 0 Å². The summed E-state index contributed by atoms with van der Waals surface area (Å²) in [5.74, 6) is 2.04. The lowest BCUT2D eigenvalue weighted by Gasteiger charge is -2.11. The second-order valence-electron chi connectivity index (χ2n) is 5.75. The van der Waals surface area contributed by atoms with E-state index in [1.54, 1.807) is 0 Å². The van der Waals surface area contributed by atoms with E-state index in [9.17, 15) is 0 Å². The van der Waals surface area contributed by atoms with Crippen molar-refractivity contribution in [2.45, 2.75) is 26.9 Å². The Kier molecular flexibility index (Phi) is 9.12. The van der Waals surface area contributed by atoms with Crippen molar-refractivity contribution >= 4 is 35.6 Å². The molecule has 0 aliphatic rings. The number of anilines is 1. The van der Waals surface area contributed by atoms with E-state index in [4.69, 9.17) is 15.2 Å². The second-order valence-corrected chi connectivity index (χ2v) is 5.75. The second kappa shape index (κ2) is 10.8. The molecule has 3 N–H and O–H groups in total. The van der Waals surface area contributed by atoms with Crippen LogP contribution >= 0.6 is 24.0 Å². The van der Waals surface area contributed by atoms with Crippen LogP contribution in [0.4, 0.5) is 5.69 Å². The standard InChI is InChI=1S/C19H25N3O2.HI/c1-14(2)24-17-9-7-16(8-10-17)22-19(20)21-11-12-23-18-6-4-5-15(3)13-18;/h4-10,13-14H,11-12H2,1-3H3,(H3,20,21,22);1H. The van der Waals surface area contributed by atoms with Crippen molar-refractivity contribution in [3.63, 3.8) is 0 Å². The molecule has 0 unspecified atom stereocenters. The number of halogens is 1. The Morgan fingerprint density at radius 3 is 2.48 bits per heavy atom. The molecule has 0 fully saturated rings. The van der Waals surface area contributed by atoms with Crippen LogP contribution in [0.15, 0.2) is 53.5 Å². The molecule has 0 saturated carbocycles. The van der Waals surface area contributed by atoms with Gasteiger partial charge in [0.2, 0.25) is 0 Å². The van der Waals surface area contributed by atoms with Crippen LogP contribution in [0.25, 0.3) is 0 Å². The number of guanidine groups is 1. The maximum atomic E-state index is 5.88. The number of rotatable bonds is 7. The van der Waals surface area contributed by atoms with E-state index in [0.29, 0.717) is 19.1 Å². The monoisotopic (exact) mass is 455 g/mol. The normalized spacial score (nSPS) is 11.0. The molecule has 0 aliphatic carbocycles. The fourth-order valence-corrected chi connectivity index (χ4v) is 2.11. The van der Waals surface area contributed by atoms with Gasteiger partial charge in [-0.1, -0.05) is 12.1 Å².